The maximum Gasteiger partial charge on any atom is 0.339 e. The maximum atomic E-state index is 10.9. The van der Waals surface area contributed by atoms with E-state index in [-0.39, 0.29) is 11.6 Å². The number of benzene rings is 1. The van der Waals surface area contributed by atoms with Crippen LogP contribution in [0.2, 0.25) is 0 Å². The monoisotopic (exact) mass is 245 g/mol. The van der Waals surface area contributed by atoms with E-state index in [4.69, 9.17) is 9.52 Å². The summed E-state index contributed by atoms with van der Waals surface area (Å²) in [6, 6.07) is 11.6. The number of hydrogen-bond donors (Lipinski definition) is 2. The summed E-state index contributed by atoms with van der Waals surface area (Å²) in [5.41, 5.74) is 1.36. The number of furan rings is 1. The average molecular weight is 245 g/mol. The Morgan fingerprint density at radius 3 is 2.72 bits per heavy atom. The predicted octanol–water partition coefficient (Wildman–Crippen LogP) is 2.83. The van der Waals surface area contributed by atoms with E-state index < -0.39 is 5.97 Å². The first-order valence-corrected chi connectivity index (χ1v) is 5.76. The van der Waals surface area contributed by atoms with E-state index in [0.29, 0.717) is 12.3 Å². The van der Waals surface area contributed by atoms with E-state index in [1.165, 1.54) is 12.3 Å². The molecule has 1 atom stereocenters. The molecule has 0 spiro atoms. The second kappa shape index (κ2) is 5.51. The predicted molar refractivity (Wildman–Crippen MR) is 67.4 cm³/mol. The molecule has 1 unspecified atom stereocenters. The van der Waals surface area contributed by atoms with Crippen molar-refractivity contribution in [2.24, 2.45) is 0 Å². The van der Waals surface area contributed by atoms with Crippen LogP contribution >= 0.6 is 0 Å². The largest absolute Gasteiger partial charge is 0.478 e. The van der Waals surface area contributed by atoms with Crippen molar-refractivity contribution in [3.8, 4) is 0 Å². The zero-order valence-corrected chi connectivity index (χ0v) is 10.1. The Balaban J connectivity index is 1.99. The summed E-state index contributed by atoms with van der Waals surface area (Å²) < 4.78 is 5.17. The zero-order valence-electron chi connectivity index (χ0n) is 10.1. The highest BCUT2D eigenvalue weighted by Gasteiger charge is 2.14. The Labute approximate surface area is 105 Å². The number of nitrogens with one attached hydrogen (secondary N) is 1. The second-order valence-electron chi connectivity index (χ2n) is 4.08. The minimum Gasteiger partial charge on any atom is -0.478 e. The zero-order chi connectivity index (χ0) is 13.0. The van der Waals surface area contributed by atoms with E-state index in [9.17, 15) is 4.79 Å². The van der Waals surface area contributed by atoms with Gasteiger partial charge in [-0.05, 0) is 18.6 Å². The lowest BCUT2D eigenvalue weighted by Gasteiger charge is -2.13. The molecule has 0 saturated carbocycles. The van der Waals surface area contributed by atoms with Crippen molar-refractivity contribution in [2.75, 3.05) is 0 Å². The van der Waals surface area contributed by atoms with Gasteiger partial charge in [-0.3, -0.25) is 0 Å². The normalized spacial score (nSPS) is 12.3. The molecule has 94 valence electrons. The highest BCUT2D eigenvalue weighted by molar-refractivity contribution is 5.88. The van der Waals surface area contributed by atoms with Crippen LogP contribution in [0.3, 0.4) is 0 Å². The Kier molecular flexibility index (Phi) is 3.79. The highest BCUT2D eigenvalue weighted by Crippen LogP contribution is 2.15. The summed E-state index contributed by atoms with van der Waals surface area (Å²) >= 11 is 0. The lowest BCUT2D eigenvalue weighted by Crippen LogP contribution is -2.19. The summed E-state index contributed by atoms with van der Waals surface area (Å²) in [5, 5.41) is 12.2. The molecule has 0 aliphatic rings. The van der Waals surface area contributed by atoms with E-state index >= 15 is 0 Å². The van der Waals surface area contributed by atoms with Gasteiger partial charge in [0.25, 0.3) is 0 Å². The average Bonchev–Trinajstić information content (AvgIpc) is 2.85. The minimum atomic E-state index is -0.965. The molecule has 0 aliphatic carbocycles. The van der Waals surface area contributed by atoms with E-state index in [2.05, 4.69) is 5.32 Å². The van der Waals surface area contributed by atoms with Crippen molar-refractivity contribution < 1.29 is 14.3 Å². The topological polar surface area (TPSA) is 62.5 Å². The number of hydrogen-bond acceptors (Lipinski definition) is 3. The molecule has 4 nitrogen and oxygen atoms in total. The number of rotatable bonds is 5. The van der Waals surface area contributed by atoms with Crippen molar-refractivity contribution in [1.29, 1.82) is 0 Å². The van der Waals surface area contributed by atoms with Crippen LogP contribution in [-0.2, 0) is 6.54 Å². The van der Waals surface area contributed by atoms with Crippen LogP contribution < -0.4 is 5.32 Å². The fourth-order valence-corrected chi connectivity index (χ4v) is 1.77. The summed E-state index contributed by atoms with van der Waals surface area (Å²) in [6.07, 6.45) is 1.40. The molecule has 0 radical (unpaired) electrons. The molecular weight excluding hydrogens is 230 g/mol. The van der Waals surface area contributed by atoms with E-state index in [1.54, 1.807) is 0 Å². The standard InChI is InChI=1S/C14H15NO3/c1-10(11-5-3-2-4-6-11)15-9-13-12(14(16)17)7-8-18-13/h2-8,10,15H,9H2,1H3,(H,16,17). The molecule has 0 saturated heterocycles. The third kappa shape index (κ3) is 2.78. The lowest BCUT2D eigenvalue weighted by atomic mass is 10.1. The van der Waals surface area contributed by atoms with E-state index in [0.717, 1.165) is 5.56 Å². The van der Waals surface area contributed by atoms with Gasteiger partial charge in [0.1, 0.15) is 11.3 Å². The number of carboxylic acid groups (broad SMARTS) is 1. The number of aromatic carboxylic acids is 1. The smallest absolute Gasteiger partial charge is 0.339 e. The van der Waals surface area contributed by atoms with Crippen LogP contribution in [0.25, 0.3) is 0 Å². The van der Waals surface area contributed by atoms with Gasteiger partial charge in [-0.2, -0.15) is 0 Å². The van der Waals surface area contributed by atoms with Crippen molar-refractivity contribution >= 4 is 5.97 Å². The van der Waals surface area contributed by atoms with Crippen molar-refractivity contribution in [2.45, 2.75) is 19.5 Å². The fourth-order valence-electron chi connectivity index (χ4n) is 1.77. The van der Waals surface area contributed by atoms with Crippen LogP contribution in [0, 0.1) is 0 Å². The molecule has 18 heavy (non-hydrogen) atoms. The SMILES string of the molecule is CC(NCc1occc1C(=O)O)c1ccccc1. The van der Waals surface area contributed by atoms with Crippen molar-refractivity contribution in [1.82, 2.24) is 5.32 Å². The van der Waals surface area contributed by atoms with Gasteiger partial charge in [-0.1, -0.05) is 30.3 Å². The Morgan fingerprint density at radius 1 is 1.33 bits per heavy atom. The van der Waals surface area contributed by atoms with Gasteiger partial charge >= 0.3 is 5.97 Å². The Morgan fingerprint density at radius 2 is 2.06 bits per heavy atom. The lowest BCUT2D eigenvalue weighted by molar-refractivity contribution is 0.0694. The van der Waals surface area contributed by atoms with Gasteiger partial charge in [-0.25, -0.2) is 4.79 Å². The van der Waals surface area contributed by atoms with Crippen molar-refractivity contribution in [3.63, 3.8) is 0 Å². The quantitative estimate of drug-likeness (QED) is 0.850. The van der Waals surface area contributed by atoms with Crippen LogP contribution in [-0.4, -0.2) is 11.1 Å². The third-order valence-electron chi connectivity index (χ3n) is 2.84. The number of carboxylic acids is 1. The second-order valence-corrected chi connectivity index (χ2v) is 4.08. The summed E-state index contributed by atoms with van der Waals surface area (Å²) in [7, 11) is 0. The Bertz CT molecular complexity index is 519. The summed E-state index contributed by atoms with van der Waals surface area (Å²) in [4.78, 5) is 10.9. The van der Waals surface area contributed by atoms with Crippen LogP contribution in [0.4, 0.5) is 0 Å². The summed E-state index contributed by atoms with van der Waals surface area (Å²) in [6.45, 7) is 2.42. The molecular formula is C14H15NO3. The minimum absolute atomic E-state index is 0.137. The molecule has 2 rings (SSSR count). The van der Waals surface area contributed by atoms with E-state index in [1.807, 2.05) is 37.3 Å². The first kappa shape index (κ1) is 12.4. The van der Waals surface area contributed by atoms with Gasteiger partial charge in [0.05, 0.1) is 12.8 Å². The first-order valence-electron chi connectivity index (χ1n) is 5.76. The molecule has 2 aromatic rings. The Hall–Kier alpha value is -2.07. The van der Waals surface area contributed by atoms with Crippen LogP contribution in [0.5, 0.6) is 0 Å². The maximum absolute atomic E-state index is 10.9. The molecule has 4 heteroatoms. The van der Waals surface area contributed by atoms with Crippen LogP contribution in [0.15, 0.2) is 47.1 Å². The van der Waals surface area contributed by atoms with Gasteiger partial charge in [0.15, 0.2) is 0 Å². The fraction of sp³-hybridized carbons (Fsp3) is 0.214. The molecule has 1 aromatic carbocycles. The molecule has 0 aliphatic heterocycles. The van der Waals surface area contributed by atoms with Gasteiger partial charge in [0.2, 0.25) is 0 Å². The van der Waals surface area contributed by atoms with Gasteiger partial charge < -0.3 is 14.8 Å². The highest BCUT2D eigenvalue weighted by atomic mass is 16.4. The number of carbonyl (C=O) groups is 1. The van der Waals surface area contributed by atoms with Gasteiger partial charge in [-0.15, -0.1) is 0 Å². The molecule has 0 bridgehead atoms. The van der Waals surface area contributed by atoms with Crippen LogP contribution in [0.1, 0.15) is 34.6 Å². The molecule has 2 N–H and O–H groups in total. The van der Waals surface area contributed by atoms with Gasteiger partial charge in [0, 0.05) is 6.04 Å². The molecule has 0 fully saturated rings. The first-order chi connectivity index (χ1) is 8.68. The molecule has 0 amide bonds. The third-order valence-corrected chi connectivity index (χ3v) is 2.84. The van der Waals surface area contributed by atoms with Crippen molar-refractivity contribution in [3.05, 3.63) is 59.5 Å². The molecule has 1 heterocycles. The summed E-state index contributed by atoms with van der Waals surface area (Å²) in [5.74, 6) is -0.516. The molecule has 1 aromatic heterocycles.